The fourth-order valence-corrected chi connectivity index (χ4v) is 2.53. The number of carbonyl (C=O) groups is 1. The van der Waals surface area contributed by atoms with Gasteiger partial charge in [0.2, 0.25) is 6.79 Å². The smallest absolute Gasteiger partial charge is 0.251 e. The molecule has 1 heterocycles. The van der Waals surface area contributed by atoms with E-state index in [1.165, 1.54) is 0 Å². The summed E-state index contributed by atoms with van der Waals surface area (Å²) in [5, 5.41) is 0. The van der Waals surface area contributed by atoms with Gasteiger partial charge in [0.1, 0.15) is 0 Å². The fourth-order valence-electron chi connectivity index (χ4n) is 2.53. The molecule has 0 atom stereocenters. The number of hydrogen-bond acceptors (Lipinski definition) is 3. The van der Waals surface area contributed by atoms with Gasteiger partial charge in [-0.25, -0.2) is 0 Å². The molecule has 0 radical (unpaired) electrons. The van der Waals surface area contributed by atoms with Crippen LogP contribution in [0.3, 0.4) is 0 Å². The molecule has 4 heteroatoms. The highest BCUT2D eigenvalue weighted by atomic mass is 16.7. The van der Waals surface area contributed by atoms with Crippen LogP contribution in [0, 0.1) is 0 Å². The first-order valence-corrected chi connectivity index (χ1v) is 7.61. The van der Waals surface area contributed by atoms with Gasteiger partial charge >= 0.3 is 0 Å². The van der Waals surface area contributed by atoms with Crippen LogP contribution in [0.25, 0.3) is 6.08 Å². The Hall–Kier alpha value is -2.75. The Morgan fingerprint density at radius 3 is 2.57 bits per heavy atom. The summed E-state index contributed by atoms with van der Waals surface area (Å²) >= 11 is 0. The van der Waals surface area contributed by atoms with E-state index < -0.39 is 0 Å². The van der Waals surface area contributed by atoms with Crippen molar-refractivity contribution in [3.63, 3.8) is 0 Å². The van der Waals surface area contributed by atoms with Crippen molar-refractivity contribution in [2.45, 2.75) is 19.9 Å². The molecule has 0 saturated heterocycles. The lowest BCUT2D eigenvalue weighted by Gasteiger charge is -2.25. The van der Waals surface area contributed by atoms with Crippen LogP contribution in [0.4, 0.5) is 5.69 Å². The van der Waals surface area contributed by atoms with Gasteiger partial charge in [0.25, 0.3) is 5.91 Å². The number of amides is 1. The van der Waals surface area contributed by atoms with Crippen molar-refractivity contribution in [2.24, 2.45) is 0 Å². The second kappa shape index (κ2) is 6.57. The third-order valence-corrected chi connectivity index (χ3v) is 3.60. The minimum atomic E-state index is -0.0520. The summed E-state index contributed by atoms with van der Waals surface area (Å²) in [6.45, 7) is 4.25. The van der Waals surface area contributed by atoms with E-state index in [4.69, 9.17) is 9.47 Å². The largest absolute Gasteiger partial charge is 0.454 e. The summed E-state index contributed by atoms with van der Waals surface area (Å²) in [4.78, 5) is 14.3. The van der Waals surface area contributed by atoms with Gasteiger partial charge in [-0.2, -0.15) is 0 Å². The molecule has 23 heavy (non-hydrogen) atoms. The fraction of sp³-hybridized carbons (Fsp3) is 0.211. The third kappa shape index (κ3) is 3.37. The topological polar surface area (TPSA) is 38.8 Å². The van der Waals surface area contributed by atoms with Crippen LogP contribution in [-0.2, 0) is 4.79 Å². The molecule has 118 valence electrons. The van der Waals surface area contributed by atoms with Crippen molar-refractivity contribution < 1.29 is 14.3 Å². The van der Waals surface area contributed by atoms with Crippen molar-refractivity contribution >= 4 is 17.7 Å². The minimum Gasteiger partial charge on any atom is -0.454 e. The molecule has 0 aliphatic carbocycles. The summed E-state index contributed by atoms with van der Waals surface area (Å²) in [6, 6.07) is 15.4. The molecule has 0 spiro atoms. The Morgan fingerprint density at radius 1 is 1.09 bits per heavy atom. The average Bonchev–Trinajstić information content (AvgIpc) is 3.01. The Labute approximate surface area is 135 Å². The van der Waals surface area contributed by atoms with Crippen LogP contribution in [0.15, 0.2) is 54.6 Å². The van der Waals surface area contributed by atoms with Crippen LogP contribution in [0.5, 0.6) is 11.5 Å². The number of ether oxygens (including phenoxy) is 2. The number of anilines is 1. The number of fused-ring (bicyclic) bond motifs is 1. The molecule has 3 rings (SSSR count). The van der Waals surface area contributed by atoms with E-state index in [-0.39, 0.29) is 18.7 Å². The zero-order valence-electron chi connectivity index (χ0n) is 13.2. The minimum absolute atomic E-state index is 0.0520. The van der Waals surface area contributed by atoms with E-state index >= 15 is 0 Å². The molecule has 1 amide bonds. The predicted molar refractivity (Wildman–Crippen MR) is 90.7 cm³/mol. The van der Waals surface area contributed by atoms with Gasteiger partial charge in [0.05, 0.1) is 0 Å². The SMILES string of the molecule is CC(C)N(C(=O)C=Cc1ccc2c(c1)OCO2)c1ccccc1. The molecule has 0 fully saturated rings. The number of para-hydroxylation sites is 1. The first-order valence-electron chi connectivity index (χ1n) is 7.61. The monoisotopic (exact) mass is 309 g/mol. The number of rotatable bonds is 4. The molecular weight excluding hydrogens is 290 g/mol. The van der Waals surface area contributed by atoms with E-state index in [2.05, 4.69) is 0 Å². The number of hydrogen-bond donors (Lipinski definition) is 0. The van der Waals surface area contributed by atoms with Crippen molar-refractivity contribution in [2.75, 3.05) is 11.7 Å². The van der Waals surface area contributed by atoms with E-state index in [0.717, 1.165) is 17.0 Å². The molecule has 2 aromatic rings. The normalized spacial score (nSPS) is 12.8. The van der Waals surface area contributed by atoms with Crippen LogP contribution in [-0.4, -0.2) is 18.7 Å². The maximum absolute atomic E-state index is 12.6. The van der Waals surface area contributed by atoms with Crippen molar-refractivity contribution in [3.8, 4) is 11.5 Å². The van der Waals surface area contributed by atoms with Crippen LogP contribution < -0.4 is 14.4 Å². The zero-order chi connectivity index (χ0) is 16.2. The first-order chi connectivity index (χ1) is 11.1. The Morgan fingerprint density at radius 2 is 1.83 bits per heavy atom. The highest BCUT2D eigenvalue weighted by Crippen LogP contribution is 2.32. The Kier molecular flexibility index (Phi) is 4.33. The second-order valence-electron chi connectivity index (χ2n) is 5.58. The molecule has 0 saturated carbocycles. The number of benzene rings is 2. The van der Waals surface area contributed by atoms with Crippen molar-refractivity contribution in [1.29, 1.82) is 0 Å². The van der Waals surface area contributed by atoms with Crippen LogP contribution in [0.2, 0.25) is 0 Å². The number of carbonyl (C=O) groups excluding carboxylic acids is 1. The van der Waals surface area contributed by atoms with Gasteiger partial charge in [-0.05, 0) is 49.8 Å². The quantitative estimate of drug-likeness (QED) is 0.805. The summed E-state index contributed by atoms with van der Waals surface area (Å²) in [6.07, 6.45) is 3.38. The van der Waals surface area contributed by atoms with Gasteiger partial charge in [0.15, 0.2) is 11.5 Å². The highest BCUT2D eigenvalue weighted by molar-refractivity contribution is 6.04. The molecule has 4 nitrogen and oxygen atoms in total. The molecule has 1 aliphatic heterocycles. The molecule has 0 bridgehead atoms. The summed E-state index contributed by atoms with van der Waals surface area (Å²) in [5.74, 6) is 1.40. The third-order valence-electron chi connectivity index (χ3n) is 3.60. The highest BCUT2D eigenvalue weighted by Gasteiger charge is 2.17. The molecule has 0 aromatic heterocycles. The molecular formula is C19H19NO3. The zero-order valence-corrected chi connectivity index (χ0v) is 13.2. The average molecular weight is 309 g/mol. The number of nitrogens with zero attached hydrogens (tertiary/aromatic N) is 1. The standard InChI is InChI=1S/C19H19NO3/c1-14(2)20(16-6-4-3-5-7-16)19(21)11-9-15-8-10-17-18(12-15)23-13-22-17/h3-12,14H,13H2,1-2H3. The van der Waals surface area contributed by atoms with Crippen LogP contribution >= 0.6 is 0 Å². The lowest BCUT2D eigenvalue weighted by atomic mass is 10.1. The van der Waals surface area contributed by atoms with E-state index in [0.29, 0.717) is 5.75 Å². The van der Waals surface area contributed by atoms with E-state index in [9.17, 15) is 4.79 Å². The second-order valence-corrected chi connectivity index (χ2v) is 5.58. The Bertz CT molecular complexity index is 723. The summed E-state index contributed by atoms with van der Waals surface area (Å²) in [5.41, 5.74) is 1.79. The predicted octanol–water partition coefficient (Wildman–Crippen LogP) is 3.87. The van der Waals surface area contributed by atoms with Gasteiger partial charge in [-0.15, -0.1) is 0 Å². The molecule has 0 N–H and O–H groups in total. The first kappa shape index (κ1) is 15.2. The van der Waals surface area contributed by atoms with Gasteiger partial charge < -0.3 is 14.4 Å². The van der Waals surface area contributed by atoms with Gasteiger partial charge in [0, 0.05) is 17.8 Å². The summed E-state index contributed by atoms with van der Waals surface area (Å²) < 4.78 is 10.6. The maximum atomic E-state index is 12.6. The molecule has 2 aromatic carbocycles. The maximum Gasteiger partial charge on any atom is 0.251 e. The Balaban J connectivity index is 1.79. The molecule has 1 aliphatic rings. The van der Waals surface area contributed by atoms with E-state index in [1.54, 1.807) is 17.1 Å². The van der Waals surface area contributed by atoms with Crippen molar-refractivity contribution in [1.82, 2.24) is 0 Å². The van der Waals surface area contributed by atoms with Gasteiger partial charge in [-0.3, -0.25) is 4.79 Å². The van der Waals surface area contributed by atoms with Gasteiger partial charge in [-0.1, -0.05) is 24.3 Å². The van der Waals surface area contributed by atoms with E-state index in [1.807, 2.05) is 62.4 Å². The lowest BCUT2D eigenvalue weighted by Crippen LogP contribution is -2.35. The molecule has 0 unspecified atom stereocenters. The summed E-state index contributed by atoms with van der Waals surface area (Å²) in [7, 11) is 0. The lowest BCUT2D eigenvalue weighted by molar-refractivity contribution is -0.114. The van der Waals surface area contributed by atoms with Crippen molar-refractivity contribution in [3.05, 3.63) is 60.2 Å². The van der Waals surface area contributed by atoms with Crippen LogP contribution in [0.1, 0.15) is 19.4 Å².